The first-order valence-corrected chi connectivity index (χ1v) is 10.0. The van der Waals surface area contributed by atoms with Gasteiger partial charge >= 0.3 is 5.76 Å². The summed E-state index contributed by atoms with van der Waals surface area (Å²) in [4.78, 5) is 14.1. The van der Waals surface area contributed by atoms with Gasteiger partial charge < -0.3 is 10.2 Å². The molecule has 0 radical (unpaired) electrons. The van der Waals surface area contributed by atoms with Crippen LogP contribution < -0.4 is 5.32 Å². The number of carbonyl (C=O) groups is 1. The number of alkyl halides is 2. The second-order valence-electron chi connectivity index (χ2n) is 6.19. The van der Waals surface area contributed by atoms with Crippen molar-refractivity contribution in [1.29, 1.82) is 0 Å². The van der Waals surface area contributed by atoms with Crippen molar-refractivity contribution in [3.8, 4) is 0 Å². The summed E-state index contributed by atoms with van der Waals surface area (Å²) in [5, 5.41) is 3.27. The molecule has 2 rings (SSSR count). The average Bonchev–Trinajstić information content (AvgIpc) is 2.60. The molecule has 0 atom stereocenters. The maximum atomic E-state index is 12.7. The summed E-state index contributed by atoms with van der Waals surface area (Å²) in [6.45, 7) is 4.48. The molecule has 9 heteroatoms. The number of nitrogens with one attached hydrogen (secondary N) is 1. The number of sulfone groups is 1. The van der Waals surface area contributed by atoms with Crippen LogP contribution in [0.1, 0.15) is 31.7 Å². The molecule has 1 aliphatic rings. The minimum atomic E-state index is -4.60. The van der Waals surface area contributed by atoms with Crippen molar-refractivity contribution in [2.45, 2.75) is 49.3 Å². The van der Waals surface area contributed by atoms with E-state index in [4.69, 9.17) is 0 Å². The van der Waals surface area contributed by atoms with Crippen molar-refractivity contribution in [2.24, 2.45) is 0 Å². The Morgan fingerprint density at radius 1 is 1.23 bits per heavy atom. The van der Waals surface area contributed by atoms with Crippen molar-refractivity contribution in [1.82, 2.24) is 10.2 Å². The van der Waals surface area contributed by atoms with Gasteiger partial charge in [-0.15, -0.1) is 12.4 Å². The Hall–Kier alpha value is -1.25. The van der Waals surface area contributed by atoms with Crippen molar-refractivity contribution in [3.63, 3.8) is 0 Å². The molecule has 26 heavy (non-hydrogen) atoms. The van der Waals surface area contributed by atoms with Gasteiger partial charge in [0.1, 0.15) is 0 Å². The van der Waals surface area contributed by atoms with E-state index >= 15 is 0 Å². The molecule has 0 bridgehead atoms. The van der Waals surface area contributed by atoms with E-state index in [1.807, 2.05) is 11.8 Å². The Balaban J connectivity index is 0.00000338. The van der Waals surface area contributed by atoms with Crippen LogP contribution in [-0.2, 0) is 21.1 Å². The molecule has 5 nitrogen and oxygen atoms in total. The molecule has 1 saturated heterocycles. The van der Waals surface area contributed by atoms with E-state index in [-0.39, 0.29) is 30.8 Å². The van der Waals surface area contributed by atoms with Gasteiger partial charge in [0.25, 0.3) is 0 Å². The van der Waals surface area contributed by atoms with Crippen LogP contribution in [0, 0.1) is 0 Å². The zero-order valence-electron chi connectivity index (χ0n) is 14.7. The van der Waals surface area contributed by atoms with Gasteiger partial charge in [-0.3, -0.25) is 4.79 Å². The molecule has 1 aromatic carbocycles. The molecule has 1 N–H and O–H groups in total. The Morgan fingerprint density at radius 2 is 1.81 bits per heavy atom. The number of piperidine rings is 1. The average molecular weight is 411 g/mol. The van der Waals surface area contributed by atoms with E-state index in [2.05, 4.69) is 5.32 Å². The fraction of sp³-hybridized carbons (Fsp3) is 0.588. The molecule has 1 amide bonds. The normalized spacial score (nSPS) is 15.5. The Morgan fingerprint density at radius 3 is 2.31 bits per heavy atom. The zero-order valence-corrected chi connectivity index (χ0v) is 16.3. The van der Waals surface area contributed by atoms with Gasteiger partial charge in [-0.05, 0) is 50.0 Å². The number of benzene rings is 1. The van der Waals surface area contributed by atoms with Crippen molar-refractivity contribution in [2.75, 3.05) is 19.6 Å². The predicted octanol–water partition coefficient (Wildman–Crippen LogP) is 2.64. The first kappa shape index (κ1) is 22.8. The fourth-order valence-corrected chi connectivity index (χ4v) is 3.77. The first-order valence-electron chi connectivity index (χ1n) is 8.47. The minimum Gasteiger partial charge on any atom is -0.339 e. The van der Waals surface area contributed by atoms with Crippen LogP contribution in [0.4, 0.5) is 8.78 Å². The lowest BCUT2D eigenvalue weighted by Crippen LogP contribution is -2.47. The van der Waals surface area contributed by atoms with E-state index < -0.39 is 20.5 Å². The molecule has 1 aromatic rings. The molecule has 0 aliphatic carbocycles. The highest BCUT2D eigenvalue weighted by molar-refractivity contribution is 7.91. The topological polar surface area (TPSA) is 66.5 Å². The first-order chi connectivity index (χ1) is 11.9. The highest BCUT2D eigenvalue weighted by atomic mass is 35.5. The summed E-state index contributed by atoms with van der Waals surface area (Å²) in [6, 6.07) is 5.35. The Labute approximate surface area is 159 Å². The monoisotopic (exact) mass is 410 g/mol. The van der Waals surface area contributed by atoms with E-state index in [0.29, 0.717) is 12.1 Å². The van der Waals surface area contributed by atoms with Crippen molar-refractivity contribution >= 4 is 28.2 Å². The van der Waals surface area contributed by atoms with Crippen LogP contribution in [0.15, 0.2) is 29.2 Å². The van der Waals surface area contributed by atoms with Crippen LogP contribution in [0.3, 0.4) is 0 Å². The van der Waals surface area contributed by atoms with Crippen LogP contribution >= 0.6 is 12.4 Å². The molecule has 1 fully saturated rings. The van der Waals surface area contributed by atoms with Gasteiger partial charge in [0.15, 0.2) is 0 Å². The van der Waals surface area contributed by atoms with Crippen LogP contribution in [0.25, 0.3) is 0 Å². The summed E-state index contributed by atoms with van der Waals surface area (Å²) >= 11 is 0. The van der Waals surface area contributed by atoms with Gasteiger partial charge in [-0.25, -0.2) is 8.42 Å². The molecule has 0 spiro atoms. The number of hydrogen-bond acceptors (Lipinski definition) is 4. The molecule has 1 heterocycles. The number of nitrogens with zero attached hydrogens (tertiary/aromatic N) is 1. The minimum absolute atomic E-state index is 0. The largest absolute Gasteiger partial charge is 0.341 e. The van der Waals surface area contributed by atoms with Crippen LogP contribution in [0.2, 0.25) is 0 Å². The van der Waals surface area contributed by atoms with Gasteiger partial charge in [-0.2, -0.15) is 8.78 Å². The molecular formula is C17H25ClF2N2O3S. The summed E-state index contributed by atoms with van der Waals surface area (Å²) in [6.07, 6.45) is 2.83. The van der Waals surface area contributed by atoms with E-state index in [0.717, 1.165) is 44.5 Å². The number of halogens is 3. The van der Waals surface area contributed by atoms with Crippen molar-refractivity contribution < 1.29 is 22.0 Å². The predicted molar refractivity (Wildman–Crippen MR) is 98.5 cm³/mol. The summed E-state index contributed by atoms with van der Waals surface area (Å²) in [5.41, 5.74) is 0.619. The maximum absolute atomic E-state index is 12.7. The Kier molecular flexibility index (Phi) is 8.92. The second-order valence-corrected chi connectivity index (χ2v) is 8.11. The highest BCUT2D eigenvalue weighted by Crippen LogP contribution is 2.20. The lowest BCUT2D eigenvalue weighted by atomic mass is 10.0. The van der Waals surface area contributed by atoms with Crippen LogP contribution in [-0.4, -0.2) is 50.7 Å². The second kappa shape index (κ2) is 10.2. The third kappa shape index (κ3) is 5.62. The summed E-state index contributed by atoms with van der Waals surface area (Å²) < 4.78 is 48.0. The molecular weight excluding hydrogens is 386 g/mol. The zero-order chi connectivity index (χ0) is 18.4. The summed E-state index contributed by atoms with van der Waals surface area (Å²) in [5.74, 6) is -3.46. The smallest absolute Gasteiger partial charge is 0.339 e. The lowest BCUT2D eigenvalue weighted by molar-refractivity contribution is -0.133. The maximum Gasteiger partial charge on any atom is 0.341 e. The summed E-state index contributed by atoms with van der Waals surface area (Å²) in [7, 11) is -4.60. The van der Waals surface area contributed by atoms with E-state index in [1.165, 1.54) is 12.1 Å². The van der Waals surface area contributed by atoms with Gasteiger partial charge in [0.2, 0.25) is 15.7 Å². The number of amides is 1. The molecule has 0 aromatic heterocycles. The highest BCUT2D eigenvalue weighted by Gasteiger charge is 2.27. The van der Waals surface area contributed by atoms with Gasteiger partial charge in [0, 0.05) is 12.6 Å². The van der Waals surface area contributed by atoms with Crippen molar-refractivity contribution in [3.05, 3.63) is 29.8 Å². The third-order valence-corrected chi connectivity index (χ3v) is 5.77. The molecule has 0 saturated carbocycles. The third-order valence-electron chi connectivity index (χ3n) is 4.38. The van der Waals surface area contributed by atoms with Gasteiger partial charge in [0.05, 0.1) is 11.3 Å². The SMILES string of the molecule is CCCN(C(=O)Cc1ccc(S(=O)(=O)C(F)F)cc1)C1CCNCC1.Cl. The quantitative estimate of drug-likeness (QED) is 0.750. The number of carbonyl (C=O) groups excluding carboxylic acids is 1. The molecule has 1 aliphatic heterocycles. The standard InChI is InChI=1S/C17H24F2N2O3S.ClH/c1-2-11-21(14-7-9-20-10-8-14)16(22)12-13-3-5-15(6-4-13)25(23,24)17(18)19;/h3-6,14,17,20H,2,7-12H2,1H3;1H. The molecule has 0 unspecified atom stereocenters. The lowest BCUT2D eigenvalue weighted by Gasteiger charge is -2.34. The van der Waals surface area contributed by atoms with Crippen LogP contribution in [0.5, 0.6) is 0 Å². The molecule has 148 valence electrons. The van der Waals surface area contributed by atoms with E-state index in [9.17, 15) is 22.0 Å². The van der Waals surface area contributed by atoms with Gasteiger partial charge in [-0.1, -0.05) is 19.1 Å². The number of hydrogen-bond donors (Lipinski definition) is 1. The fourth-order valence-electron chi connectivity index (χ4n) is 3.05. The van der Waals surface area contributed by atoms with E-state index in [1.54, 1.807) is 0 Å². The number of rotatable bonds is 7. The Bertz CT molecular complexity index is 678.